The fourth-order valence-corrected chi connectivity index (χ4v) is 4.25. The number of ether oxygens (including phenoxy) is 2. The maximum absolute atomic E-state index is 12.8. The van der Waals surface area contributed by atoms with E-state index < -0.39 is 0 Å². The highest BCUT2D eigenvalue weighted by Crippen LogP contribution is 2.33. The van der Waals surface area contributed by atoms with E-state index >= 15 is 0 Å². The number of rotatable bonds is 4. The molecule has 2 heterocycles. The number of aromatic nitrogens is 1. The number of carbonyl (C=O) groups is 1. The lowest BCUT2D eigenvalue weighted by atomic mass is 9.97. The highest BCUT2D eigenvalue weighted by molar-refractivity contribution is 7.11. The summed E-state index contributed by atoms with van der Waals surface area (Å²) in [5, 5.41) is 1.22. The third-order valence-corrected chi connectivity index (χ3v) is 6.04. The van der Waals surface area contributed by atoms with Gasteiger partial charge in [0.15, 0.2) is 11.5 Å². The van der Waals surface area contributed by atoms with Gasteiger partial charge in [-0.15, -0.1) is 11.3 Å². The zero-order chi connectivity index (χ0) is 18.0. The molecule has 6 heteroatoms. The lowest BCUT2D eigenvalue weighted by Gasteiger charge is -2.31. The molecule has 0 N–H and O–H groups in total. The van der Waals surface area contributed by atoms with Crippen molar-refractivity contribution < 1.29 is 14.3 Å². The minimum absolute atomic E-state index is 0.0471. The van der Waals surface area contributed by atoms with Crippen molar-refractivity contribution in [3.05, 3.63) is 39.3 Å². The first kappa shape index (κ1) is 17.7. The quantitative estimate of drug-likeness (QED) is 0.832. The Hall–Kier alpha value is -2.08. The molecular weight excluding hydrogens is 336 g/mol. The molecule has 1 fully saturated rings. The summed E-state index contributed by atoms with van der Waals surface area (Å²) < 4.78 is 10.5. The zero-order valence-corrected chi connectivity index (χ0v) is 16.0. The fourth-order valence-electron chi connectivity index (χ4n) is 3.15. The molecule has 0 saturated carbocycles. The molecule has 0 radical (unpaired) electrons. The maximum Gasteiger partial charge on any atom is 0.253 e. The third-order valence-electron chi connectivity index (χ3n) is 4.81. The van der Waals surface area contributed by atoms with Gasteiger partial charge >= 0.3 is 0 Å². The molecule has 0 unspecified atom stereocenters. The Morgan fingerprint density at radius 2 is 1.84 bits per heavy atom. The minimum Gasteiger partial charge on any atom is -0.493 e. The van der Waals surface area contributed by atoms with Crippen LogP contribution in [0.3, 0.4) is 0 Å². The molecule has 1 aromatic carbocycles. The molecule has 1 amide bonds. The van der Waals surface area contributed by atoms with E-state index in [0.29, 0.717) is 23.0 Å². The van der Waals surface area contributed by atoms with Gasteiger partial charge in [-0.3, -0.25) is 4.79 Å². The number of amides is 1. The lowest BCUT2D eigenvalue weighted by molar-refractivity contribution is 0.0712. The van der Waals surface area contributed by atoms with E-state index in [9.17, 15) is 4.79 Å². The molecule has 1 aromatic heterocycles. The van der Waals surface area contributed by atoms with Gasteiger partial charge in [-0.05, 0) is 44.9 Å². The van der Waals surface area contributed by atoms with E-state index in [1.165, 1.54) is 9.88 Å². The van der Waals surface area contributed by atoms with Gasteiger partial charge in [0, 0.05) is 29.4 Å². The molecule has 5 nitrogen and oxygen atoms in total. The molecular formula is C19H24N2O3S. The summed E-state index contributed by atoms with van der Waals surface area (Å²) in [4.78, 5) is 20.7. The van der Waals surface area contributed by atoms with Crippen molar-refractivity contribution in [2.24, 2.45) is 0 Å². The number of carbonyl (C=O) groups excluding carboxylic acids is 1. The summed E-state index contributed by atoms with van der Waals surface area (Å²) in [6.45, 7) is 5.70. The topological polar surface area (TPSA) is 51.7 Å². The molecule has 3 rings (SSSR count). The van der Waals surface area contributed by atoms with Crippen LogP contribution in [0.1, 0.15) is 44.7 Å². The van der Waals surface area contributed by atoms with Gasteiger partial charge in [0.25, 0.3) is 5.91 Å². The summed E-state index contributed by atoms with van der Waals surface area (Å²) in [6, 6.07) is 5.32. The molecule has 2 aromatic rings. The van der Waals surface area contributed by atoms with Gasteiger partial charge in [0.2, 0.25) is 0 Å². The van der Waals surface area contributed by atoms with Crippen LogP contribution in [0, 0.1) is 13.8 Å². The lowest BCUT2D eigenvalue weighted by Crippen LogP contribution is -2.37. The van der Waals surface area contributed by atoms with Crippen molar-refractivity contribution in [2.75, 3.05) is 27.3 Å². The number of likely N-dealkylation sites (tertiary alicyclic amines) is 1. The Bertz CT molecular complexity index is 745. The van der Waals surface area contributed by atoms with Crippen LogP contribution in [-0.4, -0.2) is 43.1 Å². The molecule has 1 aliphatic rings. The number of methoxy groups -OCH3 is 2. The molecule has 1 aliphatic heterocycles. The van der Waals surface area contributed by atoms with Gasteiger partial charge in [0.1, 0.15) is 0 Å². The molecule has 25 heavy (non-hydrogen) atoms. The molecule has 0 atom stereocenters. The van der Waals surface area contributed by atoms with Crippen molar-refractivity contribution in [1.29, 1.82) is 0 Å². The highest BCUT2D eigenvalue weighted by atomic mass is 32.1. The standard InChI is InChI=1S/C19H24N2O3S/c1-12-13(2)25-18(20-12)14-7-9-21(10-8-14)19(22)15-5-6-16(23-3)17(11-15)24-4/h5-6,11,14H,7-10H2,1-4H3. The van der Waals surface area contributed by atoms with Crippen LogP contribution in [0.5, 0.6) is 11.5 Å². The van der Waals surface area contributed by atoms with Crippen LogP contribution in [0.4, 0.5) is 0 Å². The molecule has 134 valence electrons. The fraction of sp³-hybridized carbons (Fsp3) is 0.474. The monoisotopic (exact) mass is 360 g/mol. The first-order chi connectivity index (χ1) is 12.0. The van der Waals surface area contributed by atoms with E-state index in [1.54, 1.807) is 43.8 Å². The number of hydrogen-bond donors (Lipinski definition) is 0. The van der Waals surface area contributed by atoms with Crippen LogP contribution < -0.4 is 9.47 Å². The number of hydrogen-bond acceptors (Lipinski definition) is 5. The largest absolute Gasteiger partial charge is 0.493 e. The Balaban J connectivity index is 1.67. The van der Waals surface area contributed by atoms with Crippen LogP contribution >= 0.6 is 11.3 Å². The third kappa shape index (κ3) is 3.63. The number of aryl methyl sites for hydroxylation is 2. The van der Waals surface area contributed by atoms with Gasteiger partial charge in [-0.25, -0.2) is 4.98 Å². The van der Waals surface area contributed by atoms with E-state index in [1.807, 2.05) is 4.90 Å². The first-order valence-electron chi connectivity index (χ1n) is 8.48. The summed E-state index contributed by atoms with van der Waals surface area (Å²) in [7, 11) is 3.17. The second-order valence-electron chi connectivity index (χ2n) is 6.33. The van der Waals surface area contributed by atoms with Crippen molar-refractivity contribution in [3.8, 4) is 11.5 Å². The van der Waals surface area contributed by atoms with Crippen LogP contribution in [0.2, 0.25) is 0 Å². The predicted octanol–water partition coefficient (Wildman–Crippen LogP) is 3.80. The first-order valence-corrected chi connectivity index (χ1v) is 9.30. The Morgan fingerprint density at radius 3 is 2.40 bits per heavy atom. The average molecular weight is 360 g/mol. The van der Waals surface area contributed by atoms with E-state index in [-0.39, 0.29) is 5.91 Å². The smallest absolute Gasteiger partial charge is 0.253 e. The number of benzene rings is 1. The van der Waals surface area contributed by atoms with Crippen LogP contribution in [0.25, 0.3) is 0 Å². The SMILES string of the molecule is COc1ccc(C(=O)N2CCC(c3nc(C)c(C)s3)CC2)cc1OC. The molecule has 1 saturated heterocycles. The minimum atomic E-state index is 0.0471. The van der Waals surface area contributed by atoms with E-state index in [0.717, 1.165) is 31.6 Å². The van der Waals surface area contributed by atoms with Gasteiger partial charge in [-0.2, -0.15) is 0 Å². The maximum atomic E-state index is 12.8. The average Bonchev–Trinajstić information content (AvgIpc) is 2.99. The van der Waals surface area contributed by atoms with Crippen LogP contribution in [-0.2, 0) is 0 Å². The number of thiazole rings is 1. The Morgan fingerprint density at radius 1 is 1.16 bits per heavy atom. The van der Waals surface area contributed by atoms with Crippen LogP contribution in [0.15, 0.2) is 18.2 Å². The Kier molecular flexibility index (Phi) is 5.27. The van der Waals surface area contributed by atoms with Crippen molar-refractivity contribution >= 4 is 17.2 Å². The van der Waals surface area contributed by atoms with Crippen molar-refractivity contribution in [1.82, 2.24) is 9.88 Å². The number of nitrogens with zero attached hydrogens (tertiary/aromatic N) is 2. The number of piperidine rings is 1. The normalized spacial score (nSPS) is 15.3. The highest BCUT2D eigenvalue weighted by Gasteiger charge is 2.27. The summed E-state index contributed by atoms with van der Waals surface area (Å²) >= 11 is 1.79. The molecule has 0 bridgehead atoms. The van der Waals surface area contributed by atoms with Crippen molar-refractivity contribution in [2.45, 2.75) is 32.6 Å². The van der Waals surface area contributed by atoms with E-state index in [4.69, 9.17) is 9.47 Å². The summed E-state index contributed by atoms with van der Waals surface area (Å²) in [6.07, 6.45) is 1.93. The zero-order valence-electron chi connectivity index (χ0n) is 15.2. The second-order valence-corrected chi connectivity index (χ2v) is 7.56. The van der Waals surface area contributed by atoms with E-state index in [2.05, 4.69) is 18.8 Å². The summed E-state index contributed by atoms with van der Waals surface area (Å²) in [5.41, 5.74) is 1.76. The van der Waals surface area contributed by atoms with Gasteiger partial charge < -0.3 is 14.4 Å². The van der Waals surface area contributed by atoms with Gasteiger partial charge in [-0.1, -0.05) is 0 Å². The van der Waals surface area contributed by atoms with Crippen molar-refractivity contribution in [3.63, 3.8) is 0 Å². The molecule has 0 aliphatic carbocycles. The molecule has 0 spiro atoms. The second kappa shape index (κ2) is 7.44. The Labute approximate surface area is 152 Å². The predicted molar refractivity (Wildman–Crippen MR) is 99.0 cm³/mol. The van der Waals surface area contributed by atoms with Gasteiger partial charge in [0.05, 0.1) is 24.9 Å². The summed E-state index contributed by atoms with van der Waals surface area (Å²) in [5.74, 6) is 1.72.